The lowest BCUT2D eigenvalue weighted by Gasteiger charge is -2.07. The second-order valence-corrected chi connectivity index (χ2v) is 4.70. The summed E-state index contributed by atoms with van der Waals surface area (Å²) < 4.78 is 10.8. The van der Waals surface area contributed by atoms with Crippen LogP contribution in [0, 0.1) is 0 Å². The zero-order chi connectivity index (χ0) is 11.4. The molecule has 6 heteroatoms. The third-order valence-corrected chi connectivity index (χ3v) is 3.42. The Labute approximate surface area is 97.5 Å². The van der Waals surface area contributed by atoms with E-state index in [9.17, 15) is 4.79 Å². The van der Waals surface area contributed by atoms with Gasteiger partial charge in [-0.05, 0) is 18.6 Å². The van der Waals surface area contributed by atoms with Crippen molar-refractivity contribution in [3.63, 3.8) is 0 Å². The molecule has 1 aromatic rings. The number of nitrogens with one attached hydrogen (secondary N) is 1. The van der Waals surface area contributed by atoms with Gasteiger partial charge in [0.05, 0.1) is 24.2 Å². The Hall–Kier alpha value is -0.950. The van der Waals surface area contributed by atoms with Gasteiger partial charge in [0.25, 0.3) is 5.91 Å². The summed E-state index contributed by atoms with van der Waals surface area (Å²) in [5, 5.41) is 0. The summed E-state index contributed by atoms with van der Waals surface area (Å²) in [6, 6.07) is 3.63. The van der Waals surface area contributed by atoms with E-state index in [2.05, 4.69) is 5.43 Å². The number of ether oxygens (including phenoxy) is 2. The second kappa shape index (κ2) is 5.40. The minimum atomic E-state index is -0.263. The normalized spacial score (nSPS) is 19.9. The lowest BCUT2D eigenvalue weighted by atomic mass is 10.3. The summed E-state index contributed by atoms with van der Waals surface area (Å²) in [5.74, 6) is 4.78. The van der Waals surface area contributed by atoms with Crippen molar-refractivity contribution in [3.8, 4) is 0 Å². The fourth-order valence-electron chi connectivity index (χ4n) is 1.49. The molecule has 1 fully saturated rings. The quantitative estimate of drug-likeness (QED) is 0.462. The monoisotopic (exact) mass is 242 g/mol. The average molecular weight is 242 g/mol. The van der Waals surface area contributed by atoms with E-state index in [4.69, 9.17) is 15.3 Å². The van der Waals surface area contributed by atoms with Gasteiger partial charge >= 0.3 is 0 Å². The number of carbonyl (C=O) groups excluding carboxylic acids is 1. The molecule has 1 saturated heterocycles. The number of nitrogen functional groups attached to an aromatic ring is 1. The highest BCUT2D eigenvalue weighted by molar-refractivity contribution is 7.14. The van der Waals surface area contributed by atoms with Gasteiger partial charge in [-0.25, -0.2) is 5.84 Å². The number of nitrogens with two attached hydrogens (primary N) is 1. The molecule has 1 aliphatic rings. The molecule has 16 heavy (non-hydrogen) atoms. The van der Waals surface area contributed by atoms with Gasteiger partial charge in [0.1, 0.15) is 0 Å². The molecule has 1 amide bonds. The summed E-state index contributed by atoms with van der Waals surface area (Å²) in [6.07, 6.45) is 1.13. The molecule has 1 atom stereocenters. The van der Waals surface area contributed by atoms with Gasteiger partial charge in [0, 0.05) is 11.5 Å². The molecular formula is C10H14N2O3S. The van der Waals surface area contributed by atoms with Crippen molar-refractivity contribution in [1.82, 2.24) is 5.43 Å². The lowest BCUT2D eigenvalue weighted by Crippen LogP contribution is -2.29. The minimum Gasteiger partial charge on any atom is -0.379 e. The van der Waals surface area contributed by atoms with Crippen molar-refractivity contribution in [1.29, 1.82) is 0 Å². The minimum absolute atomic E-state index is 0.189. The zero-order valence-electron chi connectivity index (χ0n) is 8.77. The van der Waals surface area contributed by atoms with E-state index >= 15 is 0 Å². The highest BCUT2D eigenvalue weighted by Gasteiger charge is 2.16. The van der Waals surface area contributed by atoms with E-state index in [-0.39, 0.29) is 12.0 Å². The summed E-state index contributed by atoms with van der Waals surface area (Å²) in [4.78, 5) is 12.8. The van der Waals surface area contributed by atoms with Crippen LogP contribution in [0.1, 0.15) is 21.0 Å². The molecule has 0 radical (unpaired) electrons. The Balaban J connectivity index is 1.85. The number of hydrogen-bond donors (Lipinski definition) is 2. The maximum absolute atomic E-state index is 11.2. The Morgan fingerprint density at radius 2 is 2.56 bits per heavy atom. The molecular weight excluding hydrogens is 228 g/mol. The van der Waals surface area contributed by atoms with Crippen molar-refractivity contribution in [2.45, 2.75) is 19.1 Å². The standard InChI is InChI=1S/C10H14N2O3S/c11-12-10(13)9-2-1-8(16-9)6-15-7-3-4-14-5-7/h1-2,7H,3-6,11H2,(H,12,13). The van der Waals surface area contributed by atoms with Crippen LogP contribution < -0.4 is 11.3 Å². The van der Waals surface area contributed by atoms with Crippen LogP contribution in [-0.4, -0.2) is 25.2 Å². The van der Waals surface area contributed by atoms with Crippen LogP contribution in [0.3, 0.4) is 0 Å². The van der Waals surface area contributed by atoms with Crippen molar-refractivity contribution >= 4 is 17.2 Å². The third-order valence-electron chi connectivity index (χ3n) is 2.37. The van der Waals surface area contributed by atoms with Crippen molar-refractivity contribution in [2.75, 3.05) is 13.2 Å². The SMILES string of the molecule is NNC(=O)c1ccc(COC2CCOC2)s1. The Kier molecular flexibility index (Phi) is 3.89. The molecule has 0 spiro atoms. The third kappa shape index (κ3) is 2.79. The molecule has 1 aliphatic heterocycles. The van der Waals surface area contributed by atoms with Crippen LogP contribution >= 0.6 is 11.3 Å². The summed E-state index contributed by atoms with van der Waals surface area (Å²) in [5.41, 5.74) is 2.10. The zero-order valence-corrected chi connectivity index (χ0v) is 9.59. The van der Waals surface area contributed by atoms with Gasteiger partial charge in [-0.15, -0.1) is 11.3 Å². The number of thiophene rings is 1. The maximum Gasteiger partial charge on any atom is 0.275 e. The van der Waals surface area contributed by atoms with Gasteiger partial charge in [0.2, 0.25) is 0 Å². The second-order valence-electron chi connectivity index (χ2n) is 3.54. The summed E-state index contributed by atoms with van der Waals surface area (Å²) in [6.45, 7) is 1.97. The lowest BCUT2D eigenvalue weighted by molar-refractivity contribution is 0.0331. The van der Waals surface area contributed by atoms with E-state index in [0.717, 1.165) is 17.9 Å². The van der Waals surface area contributed by atoms with Gasteiger partial charge in [0.15, 0.2) is 0 Å². The fourth-order valence-corrected chi connectivity index (χ4v) is 2.33. The molecule has 5 nitrogen and oxygen atoms in total. The summed E-state index contributed by atoms with van der Waals surface area (Å²) >= 11 is 1.39. The Morgan fingerprint density at radius 1 is 1.69 bits per heavy atom. The van der Waals surface area contributed by atoms with E-state index in [1.165, 1.54) is 11.3 Å². The Bertz CT molecular complexity index is 361. The van der Waals surface area contributed by atoms with E-state index in [1.54, 1.807) is 6.07 Å². The van der Waals surface area contributed by atoms with Crippen LogP contribution in [0.4, 0.5) is 0 Å². The number of amides is 1. The van der Waals surface area contributed by atoms with E-state index in [1.807, 2.05) is 6.07 Å². The van der Waals surface area contributed by atoms with Crippen LogP contribution in [0.25, 0.3) is 0 Å². The van der Waals surface area contributed by atoms with Gasteiger partial charge < -0.3 is 9.47 Å². The van der Waals surface area contributed by atoms with Crippen molar-refractivity contribution < 1.29 is 14.3 Å². The molecule has 2 rings (SSSR count). The van der Waals surface area contributed by atoms with Crippen LogP contribution in [0.2, 0.25) is 0 Å². The van der Waals surface area contributed by atoms with E-state index < -0.39 is 0 Å². The molecule has 2 heterocycles. The molecule has 3 N–H and O–H groups in total. The largest absolute Gasteiger partial charge is 0.379 e. The van der Waals surface area contributed by atoms with Gasteiger partial charge in [-0.1, -0.05) is 0 Å². The van der Waals surface area contributed by atoms with Crippen LogP contribution in [-0.2, 0) is 16.1 Å². The van der Waals surface area contributed by atoms with E-state index in [0.29, 0.717) is 18.1 Å². The number of rotatable bonds is 4. The number of hydrazine groups is 1. The van der Waals surface area contributed by atoms with Crippen molar-refractivity contribution in [3.05, 3.63) is 21.9 Å². The first-order valence-corrected chi connectivity index (χ1v) is 5.90. The van der Waals surface area contributed by atoms with Crippen molar-refractivity contribution in [2.24, 2.45) is 5.84 Å². The first-order chi connectivity index (χ1) is 7.79. The average Bonchev–Trinajstić information content (AvgIpc) is 2.96. The van der Waals surface area contributed by atoms with Crippen LogP contribution in [0.5, 0.6) is 0 Å². The van der Waals surface area contributed by atoms with Crippen LogP contribution in [0.15, 0.2) is 12.1 Å². The molecule has 1 unspecified atom stereocenters. The first kappa shape index (κ1) is 11.5. The Morgan fingerprint density at radius 3 is 3.25 bits per heavy atom. The fraction of sp³-hybridized carbons (Fsp3) is 0.500. The highest BCUT2D eigenvalue weighted by Crippen LogP contribution is 2.19. The maximum atomic E-state index is 11.2. The highest BCUT2D eigenvalue weighted by atomic mass is 32.1. The smallest absolute Gasteiger partial charge is 0.275 e. The predicted molar refractivity (Wildman–Crippen MR) is 60.0 cm³/mol. The molecule has 0 saturated carbocycles. The molecule has 0 aliphatic carbocycles. The van der Waals surface area contributed by atoms with Gasteiger partial charge in [-0.2, -0.15) is 0 Å². The summed E-state index contributed by atoms with van der Waals surface area (Å²) in [7, 11) is 0. The number of carbonyl (C=O) groups is 1. The number of hydrogen-bond acceptors (Lipinski definition) is 5. The molecule has 88 valence electrons. The molecule has 1 aromatic heterocycles. The molecule has 0 bridgehead atoms. The predicted octanol–water partition coefficient (Wildman–Crippen LogP) is 0.657. The first-order valence-electron chi connectivity index (χ1n) is 5.08. The van der Waals surface area contributed by atoms with Gasteiger partial charge in [-0.3, -0.25) is 10.2 Å². The molecule has 0 aromatic carbocycles. The topological polar surface area (TPSA) is 73.6 Å².